The van der Waals surface area contributed by atoms with Crippen LogP contribution in [-0.4, -0.2) is 31.2 Å². The SMILES string of the molecule is CC/C(OC(=O)C(C)(C)C)=C1/C(=O)N(OC(=O)C(C)(C)C)c2cc(NS(=O)(=O)c3cccc4cccnc34)ccc21. The Morgan fingerprint density at radius 1 is 0.951 bits per heavy atom. The maximum atomic E-state index is 13.7. The van der Waals surface area contributed by atoms with Gasteiger partial charge in [-0.05, 0) is 71.9 Å². The molecule has 0 aliphatic carbocycles. The van der Waals surface area contributed by atoms with Crippen LogP contribution in [-0.2, 0) is 34.0 Å². The lowest BCUT2D eigenvalue weighted by molar-refractivity contribution is -0.157. The van der Waals surface area contributed by atoms with Crippen LogP contribution in [0.3, 0.4) is 0 Å². The molecule has 1 amide bonds. The zero-order valence-electron chi connectivity index (χ0n) is 24.1. The highest BCUT2D eigenvalue weighted by Gasteiger charge is 2.41. The van der Waals surface area contributed by atoms with E-state index in [0.29, 0.717) is 16.5 Å². The van der Waals surface area contributed by atoms with Crippen LogP contribution in [0, 0.1) is 10.8 Å². The molecule has 2 aromatic carbocycles. The fraction of sp³-hybridized carbons (Fsp3) is 0.333. The maximum Gasteiger partial charge on any atom is 0.338 e. The normalized spacial score (nSPS) is 15.0. The van der Waals surface area contributed by atoms with E-state index in [9.17, 15) is 22.8 Å². The van der Waals surface area contributed by atoms with Gasteiger partial charge in [-0.25, -0.2) is 13.2 Å². The Labute approximate surface area is 239 Å². The van der Waals surface area contributed by atoms with E-state index in [1.807, 2.05) is 0 Å². The molecular weight excluding hydrogens is 546 g/mol. The van der Waals surface area contributed by atoms with Gasteiger partial charge in [0.1, 0.15) is 10.7 Å². The molecule has 0 fully saturated rings. The fourth-order valence-corrected chi connectivity index (χ4v) is 5.18. The molecular formula is C30H33N3O7S. The van der Waals surface area contributed by atoms with Crippen molar-refractivity contribution in [2.75, 3.05) is 9.79 Å². The largest absolute Gasteiger partial charge is 0.430 e. The average molecular weight is 580 g/mol. The van der Waals surface area contributed by atoms with Crippen molar-refractivity contribution in [3.8, 4) is 0 Å². The molecule has 0 spiro atoms. The summed E-state index contributed by atoms with van der Waals surface area (Å²) in [6.07, 6.45) is 1.71. The number of para-hydroxylation sites is 1. The van der Waals surface area contributed by atoms with E-state index in [-0.39, 0.29) is 34.0 Å². The average Bonchev–Trinajstić information content (AvgIpc) is 3.15. The molecule has 1 N–H and O–H groups in total. The minimum Gasteiger partial charge on any atom is -0.430 e. The lowest BCUT2D eigenvalue weighted by atomic mass is 9.97. The van der Waals surface area contributed by atoms with Crippen molar-refractivity contribution in [3.05, 3.63) is 66.1 Å². The molecule has 0 saturated heterocycles. The molecule has 41 heavy (non-hydrogen) atoms. The quantitative estimate of drug-likeness (QED) is 0.227. The molecule has 1 aliphatic rings. The summed E-state index contributed by atoms with van der Waals surface area (Å²) in [6.45, 7) is 11.7. The van der Waals surface area contributed by atoms with Crippen molar-refractivity contribution >= 4 is 55.7 Å². The number of fused-ring (bicyclic) bond motifs is 2. The van der Waals surface area contributed by atoms with Gasteiger partial charge in [-0.1, -0.05) is 25.1 Å². The lowest BCUT2D eigenvalue weighted by Gasteiger charge is -2.22. The van der Waals surface area contributed by atoms with Gasteiger partial charge in [0.15, 0.2) is 0 Å². The molecule has 1 aliphatic heterocycles. The number of aromatic nitrogens is 1. The van der Waals surface area contributed by atoms with Crippen LogP contribution in [0.5, 0.6) is 0 Å². The van der Waals surface area contributed by atoms with Crippen molar-refractivity contribution in [1.29, 1.82) is 0 Å². The molecule has 0 bridgehead atoms. The number of anilines is 2. The number of esters is 1. The standard InChI is InChI=1S/C30H33N3O7S/c1-8-22(39-27(35)29(2,3)4)24-20-15-14-19(17-21(20)33(26(24)34)40-28(36)30(5,6)7)32-41(37,38)23-13-9-11-18-12-10-16-31-25(18)23/h9-17,32H,8H2,1-7H3/b24-22-. The molecule has 1 aromatic heterocycles. The highest BCUT2D eigenvalue weighted by molar-refractivity contribution is 7.93. The summed E-state index contributed by atoms with van der Waals surface area (Å²) in [4.78, 5) is 48.9. The first kappa shape index (κ1) is 29.7. The Morgan fingerprint density at radius 2 is 1.61 bits per heavy atom. The van der Waals surface area contributed by atoms with Crippen molar-refractivity contribution < 1.29 is 32.4 Å². The van der Waals surface area contributed by atoms with Crippen LogP contribution in [0.4, 0.5) is 11.4 Å². The number of hydrogen-bond donors (Lipinski definition) is 1. The van der Waals surface area contributed by atoms with Gasteiger partial charge in [0.25, 0.3) is 15.9 Å². The lowest BCUT2D eigenvalue weighted by Crippen LogP contribution is -2.35. The van der Waals surface area contributed by atoms with Crippen LogP contribution in [0.1, 0.15) is 60.5 Å². The molecule has 3 aromatic rings. The Bertz CT molecular complexity index is 1690. The molecule has 0 saturated carbocycles. The molecule has 4 rings (SSSR count). The predicted octanol–water partition coefficient (Wildman–Crippen LogP) is 5.60. The number of ether oxygens (including phenoxy) is 1. The van der Waals surface area contributed by atoms with Gasteiger partial charge in [-0.2, -0.15) is 0 Å². The van der Waals surface area contributed by atoms with E-state index in [2.05, 4.69) is 9.71 Å². The third-order valence-electron chi connectivity index (χ3n) is 6.24. The van der Waals surface area contributed by atoms with Gasteiger partial charge in [-0.3, -0.25) is 19.3 Å². The number of amides is 1. The molecule has 0 unspecified atom stereocenters. The summed E-state index contributed by atoms with van der Waals surface area (Å²) >= 11 is 0. The first-order chi connectivity index (χ1) is 19.0. The summed E-state index contributed by atoms with van der Waals surface area (Å²) in [5, 5.41) is 1.47. The van der Waals surface area contributed by atoms with E-state index in [1.165, 1.54) is 30.5 Å². The number of hydrogen-bond acceptors (Lipinski definition) is 8. The Kier molecular flexibility index (Phi) is 7.70. The van der Waals surface area contributed by atoms with Crippen molar-refractivity contribution in [2.24, 2.45) is 10.8 Å². The summed E-state index contributed by atoms with van der Waals surface area (Å²) < 4.78 is 35.0. The van der Waals surface area contributed by atoms with Crippen LogP contribution in [0.15, 0.2) is 65.4 Å². The Hall–Kier alpha value is -4.25. The number of nitrogens with one attached hydrogen (secondary N) is 1. The zero-order chi connectivity index (χ0) is 30.3. The van der Waals surface area contributed by atoms with Crippen LogP contribution < -0.4 is 9.79 Å². The van der Waals surface area contributed by atoms with Gasteiger partial charge in [-0.15, -0.1) is 5.06 Å². The van der Waals surface area contributed by atoms with E-state index in [0.717, 1.165) is 5.06 Å². The number of benzene rings is 2. The van der Waals surface area contributed by atoms with Gasteiger partial charge in [0, 0.05) is 23.6 Å². The van der Waals surface area contributed by atoms with Gasteiger partial charge < -0.3 is 9.57 Å². The van der Waals surface area contributed by atoms with Crippen LogP contribution in [0.2, 0.25) is 0 Å². The number of pyridine rings is 1. The topological polar surface area (TPSA) is 132 Å². The summed E-state index contributed by atoms with van der Waals surface area (Å²) in [6, 6.07) is 12.7. The second kappa shape index (κ2) is 10.6. The maximum absolute atomic E-state index is 13.7. The molecule has 2 heterocycles. The number of allylic oxidation sites excluding steroid dienone is 1. The number of carbonyl (C=O) groups is 3. The second-order valence-corrected chi connectivity index (χ2v) is 13.3. The second-order valence-electron chi connectivity index (χ2n) is 11.7. The van der Waals surface area contributed by atoms with E-state index >= 15 is 0 Å². The zero-order valence-corrected chi connectivity index (χ0v) is 24.9. The van der Waals surface area contributed by atoms with Crippen molar-refractivity contribution in [3.63, 3.8) is 0 Å². The summed E-state index contributed by atoms with van der Waals surface area (Å²) in [7, 11) is -4.11. The monoisotopic (exact) mass is 579 g/mol. The van der Waals surface area contributed by atoms with E-state index in [4.69, 9.17) is 9.57 Å². The van der Waals surface area contributed by atoms with Crippen molar-refractivity contribution in [1.82, 2.24) is 4.98 Å². The number of sulfonamides is 1. The number of carbonyl (C=O) groups excluding carboxylic acids is 3. The predicted molar refractivity (Wildman–Crippen MR) is 155 cm³/mol. The van der Waals surface area contributed by atoms with Crippen molar-refractivity contribution in [2.45, 2.75) is 59.8 Å². The first-order valence-electron chi connectivity index (χ1n) is 13.1. The van der Waals surface area contributed by atoms with E-state index in [1.54, 1.807) is 72.7 Å². The highest BCUT2D eigenvalue weighted by atomic mass is 32.2. The van der Waals surface area contributed by atoms with E-state index < -0.39 is 38.7 Å². The summed E-state index contributed by atoms with van der Waals surface area (Å²) in [5.74, 6) is -1.82. The third-order valence-corrected chi connectivity index (χ3v) is 7.65. The van der Waals surface area contributed by atoms with Crippen LogP contribution >= 0.6 is 0 Å². The molecule has 216 valence electrons. The minimum absolute atomic E-state index is 0.0221. The highest BCUT2D eigenvalue weighted by Crippen LogP contribution is 2.42. The Balaban J connectivity index is 1.81. The van der Waals surface area contributed by atoms with Gasteiger partial charge in [0.2, 0.25) is 0 Å². The van der Waals surface area contributed by atoms with Gasteiger partial charge >= 0.3 is 11.9 Å². The Morgan fingerprint density at radius 3 is 2.24 bits per heavy atom. The number of nitrogens with zero attached hydrogens (tertiary/aromatic N) is 2. The number of rotatable bonds is 6. The summed E-state index contributed by atoms with van der Waals surface area (Å²) in [5.41, 5.74) is -0.858. The van der Waals surface area contributed by atoms with Crippen LogP contribution in [0.25, 0.3) is 16.5 Å². The number of hydroxylamine groups is 1. The van der Waals surface area contributed by atoms with Gasteiger partial charge in [0.05, 0.1) is 33.3 Å². The molecule has 11 heteroatoms. The smallest absolute Gasteiger partial charge is 0.338 e. The molecule has 10 nitrogen and oxygen atoms in total. The minimum atomic E-state index is -4.11. The molecule has 0 atom stereocenters. The fourth-order valence-electron chi connectivity index (χ4n) is 3.95. The molecule has 0 radical (unpaired) electrons. The first-order valence-corrected chi connectivity index (χ1v) is 14.6. The third kappa shape index (κ3) is 5.95.